The lowest BCUT2D eigenvalue weighted by Gasteiger charge is -2.06. The van der Waals surface area contributed by atoms with E-state index in [1.54, 1.807) is 14.2 Å². The lowest BCUT2D eigenvalue weighted by Crippen LogP contribution is -2.19. The number of rotatable bonds is 4. The lowest BCUT2D eigenvalue weighted by atomic mass is 10.1. The molecule has 2 heterocycles. The second-order valence-corrected chi connectivity index (χ2v) is 5.61. The van der Waals surface area contributed by atoms with E-state index in [-0.39, 0.29) is 6.42 Å². The van der Waals surface area contributed by atoms with Crippen molar-refractivity contribution < 1.29 is 24.2 Å². The van der Waals surface area contributed by atoms with Crippen LogP contribution in [0.2, 0.25) is 0 Å². The number of thiophene rings is 1. The van der Waals surface area contributed by atoms with E-state index in [0.29, 0.717) is 17.2 Å². The van der Waals surface area contributed by atoms with Crippen LogP contribution < -0.4 is 9.47 Å². The quantitative estimate of drug-likeness (QED) is 0.939. The molecule has 0 aliphatic carbocycles. The van der Waals surface area contributed by atoms with E-state index >= 15 is 0 Å². The summed E-state index contributed by atoms with van der Waals surface area (Å²) >= 11 is 1.52. The molecule has 1 aliphatic heterocycles. The number of methoxy groups -OCH3 is 2. The predicted molar refractivity (Wildman–Crippen MR) is 78.6 cm³/mol. The van der Waals surface area contributed by atoms with Gasteiger partial charge in [0, 0.05) is 17.2 Å². The van der Waals surface area contributed by atoms with Crippen LogP contribution in [0.4, 0.5) is 0 Å². The molecule has 1 N–H and O–H groups in total. The Morgan fingerprint density at radius 1 is 1.33 bits per heavy atom. The highest BCUT2D eigenvalue weighted by Crippen LogP contribution is 2.37. The Morgan fingerprint density at radius 2 is 2.05 bits per heavy atom. The number of oxime groups is 1. The van der Waals surface area contributed by atoms with Crippen LogP contribution in [-0.2, 0) is 9.63 Å². The molecule has 0 amide bonds. The second-order valence-electron chi connectivity index (χ2n) is 4.53. The zero-order valence-electron chi connectivity index (χ0n) is 11.5. The van der Waals surface area contributed by atoms with Gasteiger partial charge in [-0.05, 0) is 17.5 Å². The molecule has 1 atom stereocenters. The number of carboxylic acids is 1. The molecule has 0 saturated carbocycles. The number of benzene rings is 1. The van der Waals surface area contributed by atoms with Crippen molar-refractivity contribution in [2.45, 2.75) is 12.5 Å². The summed E-state index contributed by atoms with van der Waals surface area (Å²) < 4.78 is 11.6. The summed E-state index contributed by atoms with van der Waals surface area (Å²) in [6, 6.07) is 5.74. The number of nitrogens with zero attached hydrogens (tertiary/aromatic N) is 1. The van der Waals surface area contributed by atoms with Crippen molar-refractivity contribution in [2.75, 3.05) is 14.2 Å². The van der Waals surface area contributed by atoms with Crippen LogP contribution in [0, 0.1) is 0 Å². The number of fused-ring (bicyclic) bond motifs is 1. The molecule has 21 heavy (non-hydrogen) atoms. The summed E-state index contributed by atoms with van der Waals surface area (Å²) in [6.45, 7) is 0. The van der Waals surface area contributed by atoms with Crippen LogP contribution in [-0.4, -0.2) is 37.1 Å². The predicted octanol–water partition coefficient (Wildman–Crippen LogP) is 2.50. The molecule has 7 heteroatoms. The Labute approximate surface area is 124 Å². The summed E-state index contributed by atoms with van der Waals surface area (Å²) in [5.74, 6) is 0.312. The number of ether oxygens (including phenoxy) is 2. The van der Waals surface area contributed by atoms with E-state index in [0.717, 1.165) is 15.0 Å². The van der Waals surface area contributed by atoms with Gasteiger partial charge in [0.15, 0.2) is 11.5 Å². The van der Waals surface area contributed by atoms with Gasteiger partial charge in [0.2, 0.25) is 6.10 Å². The molecule has 0 spiro atoms. The average molecular weight is 307 g/mol. The minimum atomic E-state index is -1.00. The van der Waals surface area contributed by atoms with Gasteiger partial charge in [0.25, 0.3) is 0 Å². The fraction of sp³-hybridized carbons (Fsp3) is 0.286. The van der Waals surface area contributed by atoms with Crippen molar-refractivity contribution in [1.82, 2.24) is 0 Å². The Hall–Kier alpha value is -2.28. The van der Waals surface area contributed by atoms with Crippen molar-refractivity contribution in [2.24, 2.45) is 5.16 Å². The first-order chi connectivity index (χ1) is 10.1. The molecule has 1 aromatic carbocycles. The summed E-state index contributed by atoms with van der Waals surface area (Å²) in [5, 5.41) is 13.8. The lowest BCUT2D eigenvalue weighted by molar-refractivity contribution is -0.148. The molecule has 110 valence electrons. The first-order valence-electron chi connectivity index (χ1n) is 6.24. The molecule has 0 bridgehead atoms. The zero-order chi connectivity index (χ0) is 15.0. The van der Waals surface area contributed by atoms with Crippen molar-refractivity contribution in [3.63, 3.8) is 0 Å². The van der Waals surface area contributed by atoms with Gasteiger partial charge in [-0.3, -0.25) is 0 Å². The fourth-order valence-electron chi connectivity index (χ4n) is 2.16. The number of carbonyl (C=O) groups is 1. The van der Waals surface area contributed by atoms with Gasteiger partial charge in [0.05, 0.1) is 19.1 Å². The van der Waals surface area contributed by atoms with Gasteiger partial charge in [-0.25, -0.2) is 4.79 Å². The normalized spacial score (nSPS) is 17.4. The number of hydrogen-bond donors (Lipinski definition) is 1. The SMILES string of the molecule is COc1cc2cc(C3=NOC(C(=O)O)C3)sc2cc1OC. The topological polar surface area (TPSA) is 77.4 Å². The van der Waals surface area contributed by atoms with E-state index in [1.165, 1.54) is 11.3 Å². The highest BCUT2D eigenvalue weighted by molar-refractivity contribution is 7.21. The fourth-order valence-corrected chi connectivity index (χ4v) is 3.23. The number of hydrogen-bond acceptors (Lipinski definition) is 6. The Morgan fingerprint density at radius 3 is 2.67 bits per heavy atom. The molecule has 0 radical (unpaired) electrons. The van der Waals surface area contributed by atoms with E-state index < -0.39 is 12.1 Å². The summed E-state index contributed by atoms with van der Waals surface area (Å²) in [6.07, 6.45) is -0.620. The zero-order valence-corrected chi connectivity index (χ0v) is 12.3. The van der Waals surface area contributed by atoms with Crippen LogP contribution in [0.1, 0.15) is 11.3 Å². The third-order valence-corrected chi connectivity index (χ3v) is 4.40. The monoisotopic (exact) mass is 307 g/mol. The minimum Gasteiger partial charge on any atom is -0.493 e. The van der Waals surface area contributed by atoms with Crippen molar-refractivity contribution in [3.05, 3.63) is 23.1 Å². The van der Waals surface area contributed by atoms with Gasteiger partial charge >= 0.3 is 5.97 Å². The molecule has 1 aromatic heterocycles. The van der Waals surface area contributed by atoms with Gasteiger partial charge in [-0.2, -0.15) is 0 Å². The maximum Gasteiger partial charge on any atom is 0.348 e. The smallest absolute Gasteiger partial charge is 0.348 e. The van der Waals surface area contributed by atoms with Crippen LogP contribution in [0.3, 0.4) is 0 Å². The maximum absolute atomic E-state index is 10.9. The minimum absolute atomic E-state index is 0.274. The van der Waals surface area contributed by atoms with E-state index in [1.807, 2.05) is 18.2 Å². The van der Waals surface area contributed by atoms with Crippen molar-refractivity contribution >= 4 is 33.1 Å². The third-order valence-electron chi connectivity index (χ3n) is 3.25. The molecule has 1 unspecified atom stereocenters. The Kier molecular flexibility index (Phi) is 3.42. The molecule has 0 fully saturated rings. The van der Waals surface area contributed by atoms with Crippen molar-refractivity contribution in [3.8, 4) is 11.5 Å². The number of carboxylic acid groups (broad SMARTS) is 1. The standard InChI is InChI=1S/C14H13NO5S/c1-18-9-3-7-4-13(21-12(7)6-10(9)19-2)8-5-11(14(16)17)20-15-8/h3-4,6,11H,5H2,1-2H3,(H,16,17). The first kappa shape index (κ1) is 13.7. The van der Waals surface area contributed by atoms with E-state index in [2.05, 4.69) is 5.16 Å². The van der Waals surface area contributed by atoms with Gasteiger partial charge in [0.1, 0.15) is 5.71 Å². The summed E-state index contributed by atoms with van der Waals surface area (Å²) in [5.41, 5.74) is 0.654. The highest BCUT2D eigenvalue weighted by atomic mass is 32.1. The van der Waals surface area contributed by atoms with Crippen molar-refractivity contribution in [1.29, 1.82) is 0 Å². The van der Waals surface area contributed by atoms with Crippen LogP contribution >= 0.6 is 11.3 Å². The van der Waals surface area contributed by atoms with Gasteiger partial charge in [-0.1, -0.05) is 5.16 Å². The molecule has 3 rings (SSSR count). The molecule has 1 aliphatic rings. The van der Waals surface area contributed by atoms with Crippen LogP contribution in [0.25, 0.3) is 10.1 Å². The molecular formula is C14H13NO5S. The Bertz CT molecular complexity index is 695. The van der Waals surface area contributed by atoms with Gasteiger partial charge in [-0.15, -0.1) is 11.3 Å². The first-order valence-corrected chi connectivity index (χ1v) is 7.05. The molecule has 6 nitrogen and oxygen atoms in total. The molecule has 0 saturated heterocycles. The third kappa shape index (κ3) is 2.40. The maximum atomic E-state index is 10.9. The van der Waals surface area contributed by atoms with E-state index in [4.69, 9.17) is 19.4 Å². The Balaban J connectivity index is 1.97. The van der Waals surface area contributed by atoms with Crippen LogP contribution in [0.15, 0.2) is 23.4 Å². The summed E-state index contributed by atoms with van der Waals surface area (Å²) in [4.78, 5) is 16.7. The van der Waals surface area contributed by atoms with Crippen LogP contribution in [0.5, 0.6) is 11.5 Å². The van der Waals surface area contributed by atoms with Gasteiger partial charge < -0.3 is 19.4 Å². The summed E-state index contributed by atoms with van der Waals surface area (Å²) in [7, 11) is 3.17. The average Bonchev–Trinajstić information content (AvgIpc) is 3.11. The van der Waals surface area contributed by atoms with E-state index in [9.17, 15) is 4.79 Å². The molecule has 2 aromatic rings. The number of aliphatic carboxylic acids is 1. The highest BCUT2D eigenvalue weighted by Gasteiger charge is 2.29. The largest absolute Gasteiger partial charge is 0.493 e. The molecular weight excluding hydrogens is 294 g/mol. The second kappa shape index (κ2) is 5.25.